The molecule has 3 aromatic rings. The summed E-state index contributed by atoms with van der Waals surface area (Å²) in [5.74, 6) is 1.29. The van der Waals surface area contributed by atoms with Crippen LogP contribution in [0.3, 0.4) is 0 Å². The van der Waals surface area contributed by atoms with Gasteiger partial charge < -0.3 is 13.9 Å². The maximum atomic E-state index is 12.2. The van der Waals surface area contributed by atoms with Crippen molar-refractivity contribution >= 4 is 29.4 Å². The lowest BCUT2D eigenvalue weighted by Crippen LogP contribution is -2.17. The number of nitrogens with zero attached hydrogens (tertiary/aromatic N) is 2. The molecule has 1 aromatic heterocycles. The van der Waals surface area contributed by atoms with E-state index in [0.717, 1.165) is 0 Å². The predicted octanol–water partition coefficient (Wildman–Crippen LogP) is 4.00. The molecule has 1 aliphatic rings. The van der Waals surface area contributed by atoms with Gasteiger partial charge in [0.05, 0.1) is 16.2 Å². The molecule has 0 fully saturated rings. The minimum Gasteiger partial charge on any atom is -0.455 e. The van der Waals surface area contributed by atoms with E-state index in [1.807, 2.05) is 0 Å². The molecule has 0 saturated heterocycles. The van der Waals surface area contributed by atoms with Gasteiger partial charge in [-0.25, -0.2) is 5.43 Å². The molecule has 10 heteroatoms. The topological polar surface area (TPSA) is 116 Å². The largest absolute Gasteiger partial charge is 0.455 e. The summed E-state index contributed by atoms with van der Waals surface area (Å²) in [6.07, 6.45) is 1.31. The summed E-state index contributed by atoms with van der Waals surface area (Å²) in [7, 11) is 0. The average molecular weight is 414 g/mol. The van der Waals surface area contributed by atoms with E-state index in [1.165, 1.54) is 24.4 Å². The number of halogens is 1. The second-order valence-corrected chi connectivity index (χ2v) is 6.30. The van der Waals surface area contributed by atoms with Gasteiger partial charge in [-0.2, -0.15) is 5.10 Å². The Hall–Kier alpha value is -3.85. The maximum absolute atomic E-state index is 12.2. The van der Waals surface area contributed by atoms with E-state index in [-0.39, 0.29) is 12.5 Å². The number of fused-ring (bicyclic) bond motifs is 1. The van der Waals surface area contributed by atoms with Crippen molar-refractivity contribution in [2.24, 2.45) is 5.10 Å². The van der Waals surface area contributed by atoms with Crippen LogP contribution in [0.2, 0.25) is 5.02 Å². The summed E-state index contributed by atoms with van der Waals surface area (Å²) in [6.45, 7) is 0.119. The summed E-state index contributed by atoms with van der Waals surface area (Å²) < 4.78 is 16.0. The Bertz CT molecular complexity index is 1140. The predicted molar refractivity (Wildman–Crippen MR) is 103 cm³/mol. The number of carbonyl (C=O) groups excluding carboxylic acids is 1. The summed E-state index contributed by atoms with van der Waals surface area (Å²) in [5.41, 5.74) is 3.01. The van der Waals surface area contributed by atoms with E-state index >= 15 is 0 Å². The van der Waals surface area contributed by atoms with Gasteiger partial charge in [-0.1, -0.05) is 11.6 Å². The second-order valence-electron chi connectivity index (χ2n) is 5.89. The van der Waals surface area contributed by atoms with Crippen molar-refractivity contribution < 1.29 is 23.6 Å². The van der Waals surface area contributed by atoms with Crippen LogP contribution >= 0.6 is 11.6 Å². The van der Waals surface area contributed by atoms with E-state index in [9.17, 15) is 14.9 Å². The number of nitrogens with one attached hydrogen (secondary N) is 1. The third-order valence-electron chi connectivity index (χ3n) is 4.05. The molecule has 0 aliphatic carbocycles. The molecule has 146 valence electrons. The van der Waals surface area contributed by atoms with E-state index in [2.05, 4.69) is 10.5 Å². The second kappa shape index (κ2) is 7.64. The Morgan fingerprint density at radius 3 is 2.79 bits per heavy atom. The molecule has 0 radical (unpaired) electrons. The highest BCUT2D eigenvalue weighted by Gasteiger charge is 2.16. The minimum absolute atomic E-state index is 0.105. The SMILES string of the molecule is O=C(NN=Cc1ccc(-c2cc([N+](=O)[O-])ccc2Cl)o1)c1ccc2c(c1)OCO2. The van der Waals surface area contributed by atoms with Gasteiger partial charge in [-0.15, -0.1) is 0 Å². The first-order valence-electron chi connectivity index (χ1n) is 8.28. The van der Waals surface area contributed by atoms with E-state index in [0.29, 0.717) is 39.2 Å². The van der Waals surface area contributed by atoms with Crippen LogP contribution in [-0.2, 0) is 0 Å². The Kier molecular flexibility index (Phi) is 4.88. The highest BCUT2D eigenvalue weighted by atomic mass is 35.5. The lowest BCUT2D eigenvalue weighted by atomic mass is 10.1. The number of ether oxygens (including phenoxy) is 2. The standard InChI is InChI=1S/C19H12ClN3O6/c20-15-4-2-12(23(25)26)8-14(15)16-6-3-13(29-16)9-21-22-19(24)11-1-5-17-18(7-11)28-10-27-17/h1-9H,10H2,(H,22,24). The number of nitro groups is 1. The Morgan fingerprint density at radius 1 is 1.14 bits per heavy atom. The quantitative estimate of drug-likeness (QED) is 0.384. The number of non-ortho nitro benzene ring substituents is 1. The monoisotopic (exact) mass is 413 g/mol. The summed E-state index contributed by atoms with van der Waals surface area (Å²) >= 11 is 6.11. The first-order valence-corrected chi connectivity index (χ1v) is 8.66. The van der Waals surface area contributed by atoms with Crippen molar-refractivity contribution in [1.82, 2.24) is 5.43 Å². The Morgan fingerprint density at radius 2 is 1.97 bits per heavy atom. The molecule has 2 aromatic carbocycles. The maximum Gasteiger partial charge on any atom is 0.271 e. The number of carbonyl (C=O) groups is 1. The number of nitro benzene ring substituents is 1. The Labute approximate surface area is 168 Å². The molecule has 4 rings (SSSR count). The van der Waals surface area contributed by atoms with Gasteiger partial charge in [0, 0.05) is 23.3 Å². The molecule has 2 heterocycles. The number of rotatable bonds is 5. The van der Waals surface area contributed by atoms with Gasteiger partial charge >= 0.3 is 0 Å². The highest BCUT2D eigenvalue weighted by molar-refractivity contribution is 6.33. The molecule has 0 spiro atoms. The fraction of sp³-hybridized carbons (Fsp3) is 0.0526. The number of hydrazone groups is 1. The van der Waals surface area contributed by atoms with Gasteiger partial charge in [-0.05, 0) is 36.4 Å². The lowest BCUT2D eigenvalue weighted by molar-refractivity contribution is -0.384. The van der Waals surface area contributed by atoms with Crippen molar-refractivity contribution in [1.29, 1.82) is 0 Å². The van der Waals surface area contributed by atoms with Crippen LogP contribution in [0.5, 0.6) is 11.5 Å². The number of hydrogen-bond donors (Lipinski definition) is 1. The fourth-order valence-electron chi connectivity index (χ4n) is 2.64. The van der Waals surface area contributed by atoms with Crippen molar-refractivity contribution in [3.05, 3.63) is 75.0 Å². The normalized spacial score (nSPS) is 12.3. The van der Waals surface area contributed by atoms with Crippen molar-refractivity contribution in [2.45, 2.75) is 0 Å². The number of hydrogen-bond acceptors (Lipinski definition) is 7. The van der Waals surface area contributed by atoms with Crippen LogP contribution in [0, 0.1) is 10.1 Å². The number of benzene rings is 2. The molecular weight excluding hydrogens is 402 g/mol. The van der Waals surface area contributed by atoms with E-state index < -0.39 is 10.8 Å². The minimum atomic E-state index is -0.517. The zero-order chi connectivity index (χ0) is 20.4. The number of furan rings is 1. The highest BCUT2D eigenvalue weighted by Crippen LogP contribution is 2.33. The molecule has 29 heavy (non-hydrogen) atoms. The average Bonchev–Trinajstić information content (AvgIpc) is 3.36. The lowest BCUT2D eigenvalue weighted by Gasteiger charge is -2.01. The third-order valence-corrected chi connectivity index (χ3v) is 4.38. The molecule has 1 amide bonds. The van der Waals surface area contributed by atoms with Gasteiger partial charge in [0.2, 0.25) is 6.79 Å². The van der Waals surface area contributed by atoms with Crippen LogP contribution in [0.1, 0.15) is 16.1 Å². The van der Waals surface area contributed by atoms with Crippen molar-refractivity contribution in [3.63, 3.8) is 0 Å². The van der Waals surface area contributed by atoms with Crippen molar-refractivity contribution in [3.8, 4) is 22.8 Å². The molecule has 1 N–H and O–H groups in total. The summed E-state index contributed by atoms with van der Waals surface area (Å²) in [4.78, 5) is 22.6. The molecule has 1 aliphatic heterocycles. The molecule has 9 nitrogen and oxygen atoms in total. The zero-order valence-corrected chi connectivity index (χ0v) is 15.4. The van der Waals surface area contributed by atoms with Gasteiger partial charge in [-0.3, -0.25) is 14.9 Å². The van der Waals surface area contributed by atoms with E-state index in [1.54, 1.807) is 30.3 Å². The van der Waals surface area contributed by atoms with Gasteiger partial charge in [0.25, 0.3) is 11.6 Å². The zero-order valence-electron chi connectivity index (χ0n) is 14.6. The van der Waals surface area contributed by atoms with Crippen LogP contribution < -0.4 is 14.9 Å². The van der Waals surface area contributed by atoms with Gasteiger partial charge in [0.15, 0.2) is 11.5 Å². The molecule has 0 unspecified atom stereocenters. The molecular formula is C19H12ClN3O6. The molecule has 0 atom stereocenters. The fourth-order valence-corrected chi connectivity index (χ4v) is 2.85. The van der Waals surface area contributed by atoms with Crippen LogP contribution in [0.15, 0.2) is 58.0 Å². The van der Waals surface area contributed by atoms with Gasteiger partial charge in [0.1, 0.15) is 11.5 Å². The summed E-state index contributed by atoms with van der Waals surface area (Å²) in [5, 5.41) is 15.1. The van der Waals surface area contributed by atoms with Crippen LogP contribution in [-0.4, -0.2) is 23.8 Å². The first kappa shape index (κ1) is 18.5. The Balaban J connectivity index is 1.45. The third kappa shape index (κ3) is 3.90. The van der Waals surface area contributed by atoms with E-state index in [4.69, 9.17) is 25.5 Å². The summed E-state index contributed by atoms with van der Waals surface area (Å²) in [6, 6.07) is 12.1. The smallest absolute Gasteiger partial charge is 0.271 e. The van der Waals surface area contributed by atoms with Crippen LogP contribution in [0.25, 0.3) is 11.3 Å². The molecule has 0 bridgehead atoms. The van der Waals surface area contributed by atoms with Crippen LogP contribution in [0.4, 0.5) is 5.69 Å². The first-order chi connectivity index (χ1) is 14.0. The molecule has 0 saturated carbocycles. The number of amides is 1. The van der Waals surface area contributed by atoms with Crippen molar-refractivity contribution in [2.75, 3.05) is 6.79 Å².